The van der Waals surface area contributed by atoms with Crippen molar-refractivity contribution < 1.29 is 27.8 Å². The molecule has 170 valence electrons. The molecule has 1 aliphatic rings. The number of carbonyl (C=O) groups is 1. The van der Waals surface area contributed by atoms with Gasteiger partial charge in [-0.15, -0.1) is 13.2 Å². The third-order valence-corrected chi connectivity index (χ3v) is 4.73. The van der Waals surface area contributed by atoms with Gasteiger partial charge in [0.25, 0.3) is 11.5 Å². The lowest BCUT2D eigenvalue weighted by Crippen LogP contribution is -2.39. The number of hydrogen-bond donors (Lipinski definition) is 2. The van der Waals surface area contributed by atoms with Crippen LogP contribution in [0.3, 0.4) is 0 Å². The number of alkyl halides is 3. The van der Waals surface area contributed by atoms with Crippen LogP contribution in [-0.4, -0.2) is 44.8 Å². The van der Waals surface area contributed by atoms with Crippen LogP contribution in [0.25, 0.3) is 11.3 Å². The lowest BCUT2D eigenvalue weighted by molar-refractivity contribution is -0.306. The number of halogens is 3. The van der Waals surface area contributed by atoms with Crippen molar-refractivity contribution in [3.05, 3.63) is 70.1 Å². The van der Waals surface area contributed by atoms with Gasteiger partial charge >= 0.3 is 6.36 Å². The molecule has 11 heteroatoms. The van der Waals surface area contributed by atoms with Gasteiger partial charge in [-0.3, -0.25) is 14.6 Å². The molecule has 0 aliphatic heterocycles. The summed E-state index contributed by atoms with van der Waals surface area (Å²) in [4.78, 5) is 29.6. The first-order valence-corrected chi connectivity index (χ1v) is 9.72. The molecule has 1 unspecified atom stereocenters. The fourth-order valence-electron chi connectivity index (χ4n) is 3.19. The van der Waals surface area contributed by atoms with E-state index in [0.29, 0.717) is 11.3 Å². The fraction of sp³-hybridized carbons (Fsp3) is 0.333. The Kier molecular flexibility index (Phi) is 6.78. The number of hydrogen-bond acceptors (Lipinski definition) is 6. The molecule has 0 aromatic carbocycles. The van der Waals surface area contributed by atoms with Gasteiger partial charge in [0.2, 0.25) is 0 Å². The smallest absolute Gasteiger partial charge is 0.410 e. The first kappa shape index (κ1) is 23.2. The van der Waals surface area contributed by atoms with Crippen molar-refractivity contribution in [1.82, 2.24) is 20.1 Å². The first-order valence-electron chi connectivity index (χ1n) is 9.72. The number of pyridine rings is 1. The minimum absolute atomic E-state index is 0.0396. The van der Waals surface area contributed by atoms with Crippen molar-refractivity contribution in [3.63, 3.8) is 0 Å². The quantitative estimate of drug-likeness (QED) is 0.701. The largest absolute Gasteiger partial charge is 0.572 e. The van der Waals surface area contributed by atoms with Crippen LogP contribution in [0.2, 0.25) is 0 Å². The summed E-state index contributed by atoms with van der Waals surface area (Å²) < 4.78 is 42.7. The Balaban J connectivity index is 2.11. The van der Waals surface area contributed by atoms with Crippen molar-refractivity contribution in [2.24, 2.45) is 5.92 Å². The maximum absolute atomic E-state index is 13.0. The normalized spacial score (nSPS) is 17.2. The molecule has 0 spiro atoms. The van der Waals surface area contributed by atoms with E-state index in [2.05, 4.69) is 20.1 Å². The third-order valence-electron chi connectivity index (χ3n) is 4.73. The topological polar surface area (TPSA) is 106 Å². The number of carbonyl (C=O) groups excluding carboxylic acids is 1. The Bertz CT molecular complexity index is 1110. The molecule has 2 atom stereocenters. The number of rotatable bonds is 6. The molecule has 2 aromatic rings. The standard InChI is InChI=1S/C21H21F3N4O4/c1-12-8-15(32-21(22,23)24)5-6-16(12)18-9-17(19(30)26-13(2)11-29)20(31)28(27-18)14-4-3-7-25-10-14/h3-7,9-10,12-13,29H,8,11H2,1-2H3,(H,26,30)/t12?,13-/m0/s1. The molecule has 0 radical (unpaired) electrons. The highest BCUT2D eigenvalue weighted by Crippen LogP contribution is 2.34. The summed E-state index contributed by atoms with van der Waals surface area (Å²) in [6.07, 6.45) is 0.683. The monoisotopic (exact) mass is 450 g/mol. The molecule has 0 fully saturated rings. The van der Waals surface area contributed by atoms with Crippen LogP contribution in [-0.2, 0) is 4.74 Å². The second-order valence-corrected chi connectivity index (χ2v) is 7.34. The van der Waals surface area contributed by atoms with Crippen LogP contribution < -0.4 is 10.9 Å². The van der Waals surface area contributed by atoms with E-state index in [9.17, 15) is 27.9 Å². The molecular weight excluding hydrogens is 429 g/mol. The highest BCUT2D eigenvalue weighted by atomic mass is 19.4. The van der Waals surface area contributed by atoms with E-state index in [4.69, 9.17) is 0 Å². The van der Waals surface area contributed by atoms with Crippen molar-refractivity contribution >= 4 is 11.5 Å². The van der Waals surface area contributed by atoms with Crippen molar-refractivity contribution in [2.75, 3.05) is 6.61 Å². The van der Waals surface area contributed by atoms with E-state index >= 15 is 0 Å². The van der Waals surface area contributed by atoms with Crippen molar-refractivity contribution in [1.29, 1.82) is 0 Å². The van der Waals surface area contributed by atoms with Crippen LogP contribution in [0.4, 0.5) is 13.2 Å². The molecule has 0 saturated carbocycles. The van der Waals surface area contributed by atoms with Gasteiger partial charge in [0.05, 0.1) is 24.2 Å². The zero-order valence-corrected chi connectivity index (χ0v) is 17.3. The van der Waals surface area contributed by atoms with Gasteiger partial charge in [0, 0.05) is 18.7 Å². The molecule has 3 rings (SSSR count). The Morgan fingerprint density at radius 1 is 1.41 bits per heavy atom. The minimum atomic E-state index is -4.79. The zero-order chi connectivity index (χ0) is 23.5. The second kappa shape index (κ2) is 9.35. The molecule has 2 aromatic heterocycles. The summed E-state index contributed by atoms with van der Waals surface area (Å²) >= 11 is 0. The van der Waals surface area contributed by atoms with Crippen LogP contribution in [0.15, 0.2) is 53.3 Å². The van der Waals surface area contributed by atoms with Crippen molar-refractivity contribution in [2.45, 2.75) is 32.7 Å². The summed E-state index contributed by atoms with van der Waals surface area (Å²) in [5, 5.41) is 16.1. The van der Waals surface area contributed by atoms with Gasteiger partial charge in [-0.25, -0.2) is 0 Å². The van der Waals surface area contributed by atoms with Crippen LogP contribution in [0.5, 0.6) is 0 Å². The van der Waals surface area contributed by atoms with Gasteiger partial charge < -0.3 is 15.2 Å². The van der Waals surface area contributed by atoms with E-state index in [0.717, 1.165) is 4.68 Å². The molecule has 32 heavy (non-hydrogen) atoms. The summed E-state index contributed by atoms with van der Waals surface area (Å²) in [7, 11) is 0. The lowest BCUT2D eigenvalue weighted by atomic mass is 9.89. The average molecular weight is 450 g/mol. The van der Waals surface area contributed by atoms with Gasteiger partial charge in [0.15, 0.2) is 0 Å². The second-order valence-electron chi connectivity index (χ2n) is 7.34. The van der Waals surface area contributed by atoms with Crippen molar-refractivity contribution in [3.8, 4) is 5.69 Å². The molecule has 2 heterocycles. The number of aliphatic hydroxyl groups is 1. The summed E-state index contributed by atoms with van der Waals surface area (Å²) in [6.45, 7) is 2.93. The molecule has 0 saturated heterocycles. The fourth-order valence-corrected chi connectivity index (χ4v) is 3.19. The molecule has 8 nitrogen and oxygen atoms in total. The minimum Gasteiger partial charge on any atom is -0.410 e. The average Bonchev–Trinajstić information content (AvgIpc) is 2.73. The van der Waals surface area contributed by atoms with Gasteiger partial charge in [0.1, 0.15) is 11.3 Å². The Labute approximate surface area is 181 Å². The molecule has 1 aliphatic carbocycles. The summed E-state index contributed by atoms with van der Waals surface area (Å²) in [6, 6.07) is 3.87. The molecule has 0 bridgehead atoms. The van der Waals surface area contributed by atoms with Crippen LogP contribution in [0.1, 0.15) is 36.3 Å². The first-order chi connectivity index (χ1) is 15.1. The van der Waals surface area contributed by atoms with Crippen LogP contribution in [0, 0.1) is 5.92 Å². The third kappa shape index (κ3) is 5.41. The van der Waals surface area contributed by atoms with Gasteiger partial charge in [-0.05, 0) is 42.7 Å². The highest BCUT2D eigenvalue weighted by Gasteiger charge is 2.33. The highest BCUT2D eigenvalue weighted by molar-refractivity contribution is 5.94. The zero-order valence-electron chi connectivity index (χ0n) is 17.3. The Morgan fingerprint density at radius 3 is 2.75 bits per heavy atom. The number of nitrogens with one attached hydrogen (secondary N) is 1. The Hall–Kier alpha value is -3.47. The SMILES string of the molecule is CC1CC(OC(F)(F)F)=CC=C1c1cc(C(=O)N[C@@H](C)CO)c(=O)n(-c2cccnc2)n1. The molecule has 1 amide bonds. The summed E-state index contributed by atoms with van der Waals surface area (Å²) in [5.74, 6) is -1.39. The van der Waals surface area contributed by atoms with E-state index < -0.39 is 29.8 Å². The predicted octanol–water partition coefficient (Wildman–Crippen LogP) is 2.58. The Morgan fingerprint density at radius 2 is 2.16 bits per heavy atom. The molecule has 2 N–H and O–H groups in total. The van der Waals surface area contributed by atoms with Crippen LogP contribution >= 0.6 is 0 Å². The van der Waals surface area contributed by atoms with Gasteiger partial charge in [-0.2, -0.15) is 9.78 Å². The number of aliphatic hydroxyl groups excluding tert-OH is 1. The van der Waals surface area contributed by atoms with E-state index in [1.165, 1.54) is 30.6 Å². The number of amides is 1. The summed E-state index contributed by atoms with van der Waals surface area (Å²) in [5.41, 5.74) is 0.148. The van der Waals surface area contributed by atoms with E-state index in [1.54, 1.807) is 26.0 Å². The lowest BCUT2D eigenvalue weighted by Gasteiger charge is -2.23. The van der Waals surface area contributed by atoms with E-state index in [1.807, 2.05) is 0 Å². The van der Waals surface area contributed by atoms with E-state index in [-0.39, 0.29) is 30.0 Å². The number of nitrogens with zero attached hydrogens (tertiary/aromatic N) is 3. The number of ether oxygens (including phenoxy) is 1. The maximum Gasteiger partial charge on any atom is 0.572 e. The predicted molar refractivity (Wildman–Crippen MR) is 109 cm³/mol. The number of allylic oxidation sites excluding steroid dienone is 4. The van der Waals surface area contributed by atoms with Gasteiger partial charge in [-0.1, -0.05) is 13.0 Å². The maximum atomic E-state index is 13.0. The number of aromatic nitrogens is 3. The molecular formula is C21H21F3N4O4.